The molecule has 9 heteroatoms. The van der Waals surface area contributed by atoms with Crippen LogP contribution in [0.3, 0.4) is 0 Å². The zero-order chi connectivity index (χ0) is 20.6. The lowest BCUT2D eigenvalue weighted by atomic mass is 10.1. The van der Waals surface area contributed by atoms with Crippen LogP contribution in [0.15, 0.2) is 72.1 Å². The van der Waals surface area contributed by atoms with Crippen molar-refractivity contribution < 1.29 is 24.2 Å². The van der Waals surface area contributed by atoms with E-state index in [2.05, 4.69) is 28.1 Å². The van der Waals surface area contributed by atoms with Crippen molar-refractivity contribution in [1.82, 2.24) is 9.97 Å². The fourth-order valence-electron chi connectivity index (χ4n) is 2.34. The van der Waals surface area contributed by atoms with E-state index in [0.717, 1.165) is 6.26 Å². The molecule has 0 fully saturated rings. The lowest BCUT2D eigenvalue weighted by Crippen LogP contribution is -2.07. The van der Waals surface area contributed by atoms with Gasteiger partial charge in [0.25, 0.3) is 5.88 Å². The van der Waals surface area contributed by atoms with Crippen LogP contribution >= 0.6 is 12.6 Å². The van der Waals surface area contributed by atoms with Crippen molar-refractivity contribution in [3.05, 3.63) is 72.8 Å². The lowest BCUT2D eigenvalue weighted by Gasteiger charge is -2.12. The Balaban J connectivity index is 1.80. The minimum atomic E-state index is -1.15. The summed E-state index contributed by atoms with van der Waals surface area (Å²) in [7, 11) is 1.37. The molecular formula is C20H17N3O5S. The standard InChI is InChI=1S/C20H17N3O5S/c1-26-11-14(20(24)25)13-6-2-4-8-16(13)27-18-10-19(22-12-21-18)28-23-15-7-3-5-9-17(15)29/h2-12,23,29H,1H3,(H,24,25)/b14-11+. The van der Waals surface area contributed by atoms with E-state index in [4.69, 9.17) is 14.3 Å². The minimum absolute atomic E-state index is 0.0549. The molecule has 0 aliphatic heterocycles. The maximum absolute atomic E-state index is 11.5. The number of benzene rings is 2. The number of hydrogen-bond acceptors (Lipinski definition) is 8. The van der Waals surface area contributed by atoms with Gasteiger partial charge in [0.05, 0.1) is 25.1 Å². The monoisotopic (exact) mass is 411 g/mol. The molecule has 2 N–H and O–H groups in total. The molecule has 0 amide bonds. The van der Waals surface area contributed by atoms with Gasteiger partial charge in [-0.1, -0.05) is 30.3 Å². The smallest absolute Gasteiger partial charge is 0.339 e. The van der Waals surface area contributed by atoms with Gasteiger partial charge in [0.1, 0.15) is 17.6 Å². The van der Waals surface area contributed by atoms with Crippen LogP contribution in [0.1, 0.15) is 5.56 Å². The summed E-state index contributed by atoms with van der Waals surface area (Å²) in [6, 6.07) is 15.4. The second-order valence-corrected chi connectivity index (χ2v) is 6.07. The number of anilines is 1. The molecule has 0 spiro atoms. The maximum atomic E-state index is 11.5. The topological polar surface area (TPSA) is 103 Å². The highest BCUT2D eigenvalue weighted by Crippen LogP contribution is 2.30. The second-order valence-electron chi connectivity index (χ2n) is 5.59. The maximum Gasteiger partial charge on any atom is 0.339 e. The van der Waals surface area contributed by atoms with Crippen LogP contribution in [0.2, 0.25) is 0 Å². The first kappa shape index (κ1) is 20.0. The number of thiol groups is 1. The number of ether oxygens (including phenoxy) is 2. The predicted octanol–water partition coefficient (Wildman–Crippen LogP) is 4.04. The summed E-state index contributed by atoms with van der Waals surface area (Å²) in [5, 5.41) is 9.43. The largest absolute Gasteiger partial charge is 0.503 e. The summed E-state index contributed by atoms with van der Waals surface area (Å²) in [6.07, 6.45) is 2.41. The van der Waals surface area contributed by atoms with Crippen molar-refractivity contribution in [2.24, 2.45) is 0 Å². The lowest BCUT2D eigenvalue weighted by molar-refractivity contribution is -0.130. The molecule has 3 rings (SSSR count). The zero-order valence-electron chi connectivity index (χ0n) is 15.3. The first-order valence-corrected chi connectivity index (χ1v) is 8.79. The van der Waals surface area contributed by atoms with E-state index in [1.807, 2.05) is 18.2 Å². The van der Waals surface area contributed by atoms with E-state index >= 15 is 0 Å². The SMILES string of the molecule is CO/C=C(/C(=O)O)c1ccccc1Oc1cc(ONc2ccccc2S)ncn1. The number of hydrogen-bond donors (Lipinski definition) is 3. The van der Waals surface area contributed by atoms with Crippen molar-refractivity contribution in [2.45, 2.75) is 4.90 Å². The molecule has 148 valence electrons. The number of nitrogens with one attached hydrogen (secondary N) is 1. The summed E-state index contributed by atoms with van der Waals surface area (Å²) >= 11 is 4.33. The van der Waals surface area contributed by atoms with Crippen LogP contribution in [-0.4, -0.2) is 28.2 Å². The molecule has 2 aromatic carbocycles. The number of methoxy groups -OCH3 is 1. The number of aliphatic carboxylic acids is 1. The third-order valence-electron chi connectivity index (χ3n) is 3.64. The highest BCUT2D eigenvalue weighted by molar-refractivity contribution is 7.80. The van der Waals surface area contributed by atoms with Gasteiger partial charge in [-0.2, -0.15) is 4.98 Å². The number of carbonyl (C=O) groups is 1. The van der Waals surface area contributed by atoms with Crippen LogP contribution in [0, 0.1) is 0 Å². The Bertz CT molecular complexity index is 1040. The Kier molecular flexibility index (Phi) is 6.54. The molecule has 0 bridgehead atoms. The Morgan fingerprint density at radius 1 is 1.10 bits per heavy atom. The number of rotatable bonds is 8. The van der Waals surface area contributed by atoms with Gasteiger partial charge in [-0.05, 0) is 18.2 Å². The molecule has 0 unspecified atom stereocenters. The summed E-state index contributed by atoms with van der Waals surface area (Å²) < 4.78 is 10.6. The molecular weight excluding hydrogens is 394 g/mol. The molecule has 0 saturated heterocycles. The fourth-order valence-corrected chi connectivity index (χ4v) is 2.55. The normalized spacial score (nSPS) is 10.9. The molecule has 3 aromatic rings. The number of carboxylic acid groups (broad SMARTS) is 1. The van der Waals surface area contributed by atoms with Gasteiger partial charge in [0.2, 0.25) is 5.88 Å². The third kappa shape index (κ3) is 5.17. The van der Waals surface area contributed by atoms with E-state index in [0.29, 0.717) is 16.1 Å². The third-order valence-corrected chi connectivity index (χ3v) is 4.03. The highest BCUT2D eigenvalue weighted by atomic mass is 32.1. The molecule has 0 aliphatic carbocycles. The molecule has 0 saturated carbocycles. The van der Waals surface area contributed by atoms with E-state index in [1.165, 1.54) is 19.5 Å². The average molecular weight is 411 g/mol. The first-order chi connectivity index (χ1) is 14.1. The van der Waals surface area contributed by atoms with E-state index < -0.39 is 5.97 Å². The van der Waals surface area contributed by atoms with Crippen molar-refractivity contribution in [3.8, 4) is 17.5 Å². The Morgan fingerprint density at radius 3 is 2.59 bits per heavy atom. The number of aromatic nitrogens is 2. The van der Waals surface area contributed by atoms with Gasteiger partial charge in [-0.15, -0.1) is 12.6 Å². The first-order valence-electron chi connectivity index (χ1n) is 8.35. The van der Waals surface area contributed by atoms with E-state index in [9.17, 15) is 9.90 Å². The van der Waals surface area contributed by atoms with Crippen LogP contribution in [0.4, 0.5) is 5.69 Å². The molecule has 8 nitrogen and oxygen atoms in total. The number of nitrogens with zero attached hydrogens (tertiary/aromatic N) is 2. The summed E-state index contributed by atoms with van der Waals surface area (Å²) in [5.74, 6) is -0.485. The van der Waals surface area contributed by atoms with Crippen molar-refractivity contribution >= 4 is 29.9 Å². The Morgan fingerprint density at radius 2 is 1.83 bits per heavy atom. The van der Waals surface area contributed by atoms with Crippen molar-refractivity contribution in [3.63, 3.8) is 0 Å². The van der Waals surface area contributed by atoms with E-state index in [1.54, 1.807) is 30.3 Å². The quantitative estimate of drug-likeness (QED) is 0.221. The summed E-state index contributed by atoms with van der Waals surface area (Å²) in [4.78, 5) is 25.7. The van der Waals surface area contributed by atoms with Gasteiger partial charge in [0.15, 0.2) is 0 Å². The molecule has 1 aromatic heterocycles. The number of para-hydroxylation sites is 2. The van der Waals surface area contributed by atoms with Crippen LogP contribution in [0.25, 0.3) is 5.57 Å². The minimum Gasteiger partial charge on any atom is -0.503 e. The summed E-state index contributed by atoms with van der Waals surface area (Å²) in [6.45, 7) is 0. The molecule has 0 radical (unpaired) electrons. The average Bonchev–Trinajstić information content (AvgIpc) is 2.72. The number of carboxylic acids is 1. The van der Waals surface area contributed by atoms with Crippen molar-refractivity contribution in [1.29, 1.82) is 0 Å². The fraction of sp³-hybridized carbons (Fsp3) is 0.0500. The van der Waals surface area contributed by atoms with Gasteiger partial charge >= 0.3 is 5.97 Å². The second kappa shape index (κ2) is 9.47. The molecule has 1 heterocycles. The predicted molar refractivity (Wildman–Crippen MR) is 109 cm³/mol. The van der Waals surface area contributed by atoms with Gasteiger partial charge in [-0.25, -0.2) is 15.3 Å². The van der Waals surface area contributed by atoms with Gasteiger partial charge < -0.3 is 19.4 Å². The van der Waals surface area contributed by atoms with Gasteiger partial charge in [0, 0.05) is 10.5 Å². The zero-order valence-corrected chi connectivity index (χ0v) is 16.2. The Labute approximate surface area is 172 Å². The van der Waals surface area contributed by atoms with Crippen LogP contribution < -0.4 is 15.1 Å². The van der Waals surface area contributed by atoms with Crippen molar-refractivity contribution in [2.75, 3.05) is 12.6 Å². The van der Waals surface area contributed by atoms with Crippen LogP contribution in [0.5, 0.6) is 17.5 Å². The van der Waals surface area contributed by atoms with E-state index in [-0.39, 0.29) is 23.1 Å². The molecule has 29 heavy (non-hydrogen) atoms. The summed E-state index contributed by atoms with van der Waals surface area (Å²) in [5.41, 5.74) is 3.70. The van der Waals surface area contributed by atoms with Crippen LogP contribution in [-0.2, 0) is 9.53 Å². The Hall–Kier alpha value is -3.72. The molecule has 0 aliphatic rings. The highest BCUT2D eigenvalue weighted by Gasteiger charge is 2.17. The van der Waals surface area contributed by atoms with Gasteiger partial charge in [-0.3, -0.25) is 0 Å². The molecule has 0 atom stereocenters.